The van der Waals surface area contributed by atoms with Gasteiger partial charge in [0.1, 0.15) is 17.2 Å². The van der Waals surface area contributed by atoms with Gasteiger partial charge in [-0.15, -0.1) is 0 Å². The third-order valence-corrected chi connectivity index (χ3v) is 3.11. The van der Waals surface area contributed by atoms with E-state index < -0.39 is 5.97 Å². The highest BCUT2D eigenvalue weighted by atomic mass is 16.5. The van der Waals surface area contributed by atoms with Crippen LogP contribution < -0.4 is 14.2 Å². The number of hydrogen-bond donors (Lipinski definition) is 1. The minimum Gasteiger partial charge on any atom is -0.497 e. The van der Waals surface area contributed by atoms with Crippen LogP contribution in [0.3, 0.4) is 0 Å². The van der Waals surface area contributed by atoms with Gasteiger partial charge in [0.25, 0.3) is 0 Å². The lowest BCUT2D eigenvalue weighted by molar-refractivity contribution is 0.0697. The number of benzene rings is 2. The van der Waals surface area contributed by atoms with Crippen molar-refractivity contribution in [1.29, 1.82) is 0 Å². The number of aromatic carboxylic acids is 1. The number of carboxylic acid groups (broad SMARTS) is 1. The van der Waals surface area contributed by atoms with Gasteiger partial charge in [0.15, 0.2) is 0 Å². The fourth-order valence-corrected chi connectivity index (χ4v) is 2.03. The molecule has 0 aliphatic heterocycles. The summed E-state index contributed by atoms with van der Waals surface area (Å²) in [4.78, 5) is 11.1. The molecule has 2 aromatic rings. The van der Waals surface area contributed by atoms with Crippen molar-refractivity contribution in [2.75, 3.05) is 21.3 Å². The second-order valence-electron chi connectivity index (χ2n) is 4.32. The number of carboxylic acids is 1. The van der Waals surface area contributed by atoms with Gasteiger partial charge in [-0.05, 0) is 35.9 Å². The van der Waals surface area contributed by atoms with Crippen LogP contribution in [0.4, 0.5) is 0 Å². The quantitative estimate of drug-likeness (QED) is 0.916. The zero-order chi connectivity index (χ0) is 15.4. The smallest absolute Gasteiger partial charge is 0.335 e. The summed E-state index contributed by atoms with van der Waals surface area (Å²) in [6, 6.07) is 10.0. The highest BCUT2D eigenvalue weighted by molar-refractivity contribution is 5.90. The van der Waals surface area contributed by atoms with Crippen molar-refractivity contribution in [3.05, 3.63) is 42.0 Å². The molecule has 2 aromatic carbocycles. The summed E-state index contributed by atoms with van der Waals surface area (Å²) in [5.74, 6) is 0.823. The van der Waals surface area contributed by atoms with Gasteiger partial charge in [-0.2, -0.15) is 0 Å². The standard InChI is InChI=1S/C16H16O5/c1-19-12-6-11(7-13(9-12)20-2)14-8-10(16(17)18)4-5-15(14)21-3/h4-9H,1-3H3,(H,17,18). The van der Waals surface area contributed by atoms with Crippen LogP contribution in [-0.4, -0.2) is 32.4 Å². The first-order chi connectivity index (χ1) is 10.1. The molecule has 0 aliphatic rings. The first-order valence-corrected chi connectivity index (χ1v) is 6.23. The molecule has 0 bridgehead atoms. The van der Waals surface area contributed by atoms with Crippen molar-refractivity contribution in [2.45, 2.75) is 0 Å². The third-order valence-electron chi connectivity index (χ3n) is 3.11. The lowest BCUT2D eigenvalue weighted by Gasteiger charge is -2.12. The Labute approximate surface area is 122 Å². The lowest BCUT2D eigenvalue weighted by Crippen LogP contribution is -1.98. The Morgan fingerprint density at radius 3 is 2.00 bits per heavy atom. The molecule has 1 N–H and O–H groups in total. The minimum absolute atomic E-state index is 0.188. The molecule has 5 nitrogen and oxygen atoms in total. The largest absolute Gasteiger partial charge is 0.497 e. The number of ether oxygens (including phenoxy) is 3. The summed E-state index contributed by atoms with van der Waals surface area (Å²) in [5, 5.41) is 9.13. The van der Waals surface area contributed by atoms with E-state index in [1.165, 1.54) is 13.2 Å². The molecular formula is C16H16O5. The molecular weight excluding hydrogens is 272 g/mol. The first-order valence-electron chi connectivity index (χ1n) is 6.23. The first kappa shape index (κ1) is 14.7. The van der Waals surface area contributed by atoms with E-state index in [1.807, 2.05) is 0 Å². The molecule has 0 saturated carbocycles. The van der Waals surface area contributed by atoms with Crippen molar-refractivity contribution in [3.8, 4) is 28.4 Å². The van der Waals surface area contributed by atoms with Crippen LogP contribution in [0.25, 0.3) is 11.1 Å². The summed E-state index contributed by atoms with van der Waals surface area (Å²) < 4.78 is 15.8. The number of carbonyl (C=O) groups is 1. The van der Waals surface area contributed by atoms with Gasteiger partial charge >= 0.3 is 5.97 Å². The Hall–Kier alpha value is -2.69. The fraction of sp³-hybridized carbons (Fsp3) is 0.188. The summed E-state index contributed by atoms with van der Waals surface area (Å²) in [7, 11) is 4.66. The maximum Gasteiger partial charge on any atom is 0.335 e. The Kier molecular flexibility index (Phi) is 4.33. The Bertz CT molecular complexity index is 641. The second-order valence-corrected chi connectivity index (χ2v) is 4.32. The summed E-state index contributed by atoms with van der Waals surface area (Å²) in [6.07, 6.45) is 0. The summed E-state index contributed by atoms with van der Waals surface area (Å²) >= 11 is 0. The molecule has 0 radical (unpaired) electrons. The Balaban J connectivity index is 2.63. The summed E-state index contributed by atoms with van der Waals surface area (Å²) in [5.41, 5.74) is 1.60. The van der Waals surface area contributed by atoms with Gasteiger partial charge in [-0.3, -0.25) is 0 Å². The maximum atomic E-state index is 11.1. The highest BCUT2D eigenvalue weighted by Crippen LogP contribution is 2.35. The predicted octanol–water partition coefficient (Wildman–Crippen LogP) is 3.08. The monoisotopic (exact) mass is 288 g/mol. The molecule has 0 unspecified atom stereocenters. The fourth-order valence-electron chi connectivity index (χ4n) is 2.03. The van der Waals surface area contributed by atoms with E-state index in [9.17, 15) is 4.79 Å². The molecule has 0 fully saturated rings. The Morgan fingerprint density at radius 2 is 1.52 bits per heavy atom. The molecule has 0 saturated heterocycles. The van der Waals surface area contributed by atoms with Gasteiger partial charge in [-0.1, -0.05) is 0 Å². The van der Waals surface area contributed by atoms with Gasteiger partial charge in [0, 0.05) is 11.6 Å². The van der Waals surface area contributed by atoms with Gasteiger partial charge in [-0.25, -0.2) is 4.79 Å². The van der Waals surface area contributed by atoms with Crippen LogP contribution in [0.1, 0.15) is 10.4 Å². The predicted molar refractivity (Wildman–Crippen MR) is 78.5 cm³/mol. The van der Waals surface area contributed by atoms with Gasteiger partial charge in [0.2, 0.25) is 0 Å². The lowest BCUT2D eigenvalue weighted by atomic mass is 10.0. The van der Waals surface area contributed by atoms with Gasteiger partial charge < -0.3 is 19.3 Å². The molecule has 0 heterocycles. The van der Waals surface area contributed by atoms with Crippen LogP contribution in [-0.2, 0) is 0 Å². The molecule has 0 atom stereocenters. The SMILES string of the molecule is COc1cc(OC)cc(-c2cc(C(=O)O)ccc2OC)c1. The number of methoxy groups -OCH3 is 3. The van der Waals surface area contributed by atoms with E-state index in [-0.39, 0.29) is 5.56 Å². The topological polar surface area (TPSA) is 65.0 Å². The van der Waals surface area contributed by atoms with Crippen LogP contribution in [0.5, 0.6) is 17.2 Å². The van der Waals surface area contributed by atoms with Crippen LogP contribution in [0.15, 0.2) is 36.4 Å². The van der Waals surface area contributed by atoms with E-state index >= 15 is 0 Å². The average Bonchev–Trinajstić information content (AvgIpc) is 2.53. The van der Waals surface area contributed by atoms with E-state index in [2.05, 4.69) is 0 Å². The van der Waals surface area contributed by atoms with E-state index in [1.54, 1.807) is 44.6 Å². The van der Waals surface area contributed by atoms with E-state index in [0.717, 1.165) is 5.56 Å². The molecule has 0 aliphatic carbocycles. The van der Waals surface area contributed by atoms with Crippen molar-refractivity contribution in [2.24, 2.45) is 0 Å². The molecule has 0 spiro atoms. The van der Waals surface area contributed by atoms with E-state index in [4.69, 9.17) is 19.3 Å². The van der Waals surface area contributed by atoms with Crippen LogP contribution in [0, 0.1) is 0 Å². The molecule has 21 heavy (non-hydrogen) atoms. The molecule has 5 heteroatoms. The van der Waals surface area contributed by atoms with Crippen LogP contribution in [0.2, 0.25) is 0 Å². The number of hydrogen-bond acceptors (Lipinski definition) is 4. The van der Waals surface area contributed by atoms with Crippen molar-refractivity contribution < 1.29 is 24.1 Å². The molecule has 0 aromatic heterocycles. The van der Waals surface area contributed by atoms with Crippen molar-refractivity contribution >= 4 is 5.97 Å². The third kappa shape index (κ3) is 3.08. The molecule has 110 valence electrons. The summed E-state index contributed by atoms with van der Waals surface area (Å²) in [6.45, 7) is 0. The molecule has 0 amide bonds. The minimum atomic E-state index is -0.992. The van der Waals surface area contributed by atoms with Crippen LogP contribution >= 0.6 is 0 Å². The van der Waals surface area contributed by atoms with E-state index in [0.29, 0.717) is 22.8 Å². The highest BCUT2D eigenvalue weighted by Gasteiger charge is 2.13. The second kappa shape index (κ2) is 6.17. The Morgan fingerprint density at radius 1 is 0.905 bits per heavy atom. The van der Waals surface area contributed by atoms with Crippen molar-refractivity contribution in [3.63, 3.8) is 0 Å². The number of rotatable bonds is 5. The van der Waals surface area contributed by atoms with Crippen molar-refractivity contribution in [1.82, 2.24) is 0 Å². The molecule has 2 rings (SSSR count). The van der Waals surface area contributed by atoms with Gasteiger partial charge in [0.05, 0.1) is 26.9 Å². The normalized spacial score (nSPS) is 10.0. The maximum absolute atomic E-state index is 11.1. The zero-order valence-electron chi connectivity index (χ0n) is 12.0. The average molecular weight is 288 g/mol. The zero-order valence-corrected chi connectivity index (χ0v) is 12.0.